The van der Waals surface area contributed by atoms with Crippen molar-refractivity contribution in [1.82, 2.24) is 9.55 Å². The number of rotatable bonds is 4. The van der Waals surface area contributed by atoms with Crippen LogP contribution in [0.4, 0.5) is 0 Å². The largest absolute Gasteiger partial charge is 0.462 e. The quantitative estimate of drug-likeness (QED) is 0.755. The molecule has 2 aromatic rings. The highest BCUT2D eigenvalue weighted by Crippen LogP contribution is 2.07. The Morgan fingerprint density at radius 1 is 1.35 bits per heavy atom. The highest BCUT2D eigenvalue weighted by Gasteiger charge is 2.05. The van der Waals surface area contributed by atoms with Crippen LogP contribution in [0.15, 0.2) is 43.0 Å². The zero-order valence-corrected chi connectivity index (χ0v) is 9.67. The summed E-state index contributed by atoms with van der Waals surface area (Å²) in [5, 5.41) is 0. The van der Waals surface area contributed by atoms with Crippen molar-refractivity contribution in [2.24, 2.45) is 0 Å². The number of hydrogen-bond donors (Lipinski definition) is 0. The average Bonchev–Trinajstić information content (AvgIpc) is 2.83. The molecule has 0 aliphatic heterocycles. The first kappa shape index (κ1) is 11.4. The van der Waals surface area contributed by atoms with E-state index < -0.39 is 0 Å². The van der Waals surface area contributed by atoms with E-state index in [9.17, 15) is 4.79 Å². The number of carbonyl (C=O) groups is 1. The average molecular weight is 230 g/mol. The van der Waals surface area contributed by atoms with Gasteiger partial charge in [0.05, 0.1) is 18.5 Å². The van der Waals surface area contributed by atoms with E-state index in [4.69, 9.17) is 4.74 Å². The Morgan fingerprint density at radius 2 is 2.12 bits per heavy atom. The standard InChI is InChI=1S/C13H14N2O2/c1-2-17-13(16)12-5-3-11(4-6-12)9-15-8-7-14-10-15/h3-8,10H,2,9H2,1H3. The van der Waals surface area contributed by atoms with Crippen molar-refractivity contribution in [1.29, 1.82) is 0 Å². The van der Waals surface area contributed by atoms with Crippen LogP contribution in [0.5, 0.6) is 0 Å². The number of nitrogens with zero attached hydrogens (tertiary/aromatic N) is 2. The van der Waals surface area contributed by atoms with Gasteiger partial charge in [-0.2, -0.15) is 0 Å². The van der Waals surface area contributed by atoms with Gasteiger partial charge in [-0.05, 0) is 24.6 Å². The molecule has 0 unspecified atom stereocenters. The van der Waals surface area contributed by atoms with Crippen LogP contribution in [0.1, 0.15) is 22.8 Å². The lowest BCUT2D eigenvalue weighted by Crippen LogP contribution is -2.05. The lowest BCUT2D eigenvalue weighted by Gasteiger charge is -2.04. The van der Waals surface area contributed by atoms with Crippen LogP contribution in [-0.2, 0) is 11.3 Å². The van der Waals surface area contributed by atoms with Gasteiger partial charge in [-0.25, -0.2) is 9.78 Å². The maximum Gasteiger partial charge on any atom is 0.338 e. The maximum atomic E-state index is 11.4. The fraction of sp³-hybridized carbons (Fsp3) is 0.231. The summed E-state index contributed by atoms with van der Waals surface area (Å²) in [6.45, 7) is 2.95. The van der Waals surface area contributed by atoms with Crippen LogP contribution in [0, 0.1) is 0 Å². The van der Waals surface area contributed by atoms with Crippen molar-refractivity contribution in [2.75, 3.05) is 6.61 Å². The third-order valence-corrected chi connectivity index (χ3v) is 2.39. The number of ether oxygens (including phenoxy) is 1. The molecule has 0 saturated heterocycles. The van der Waals surface area contributed by atoms with Gasteiger partial charge in [0.1, 0.15) is 0 Å². The Labute approximate surface area is 99.9 Å². The molecule has 0 radical (unpaired) electrons. The van der Waals surface area contributed by atoms with Gasteiger partial charge in [-0.1, -0.05) is 12.1 Å². The van der Waals surface area contributed by atoms with Crippen LogP contribution in [0.3, 0.4) is 0 Å². The van der Waals surface area contributed by atoms with Crippen molar-refractivity contribution in [3.8, 4) is 0 Å². The molecule has 1 heterocycles. The molecule has 4 nitrogen and oxygen atoms in total. The zero-order chi connectivity index (χ0) is 12.1. The molecule has 0 saturated carbocycles. The number of carbonyl (C=O) groups excluding carboxylic acids is 1. The Kier molecular flexibility index (Phi) is 3.55. The monoisotopic (exact) mass is 230 g/mol. The number of esters is 1. The Hall–Kier alpha value is -2.10. The molecule has 0 N–H and O–H groups in total. The molecule has 4 heteroatoms. The first-order valence-corrected chi connectivity index (χ1v) is 5.51. The lowest BCUT2D eigenvalue weighted by molar-refractivity contribution is 0.0526. The van der Waals surface area contributed by atoms with E-state index in [1.807, 2.05) is 22.9 Å². The molecule has 2 rings (SSSR count). The van der Waals surface area contributed by atoms with E-state index >= 15 is 0 Å². The molecule has 0 aliphatic carbocycles. The summed E-state index contributed by atoms with van der Waals surface area (Å²) in [7, 11) is 0. The first-order valence-electron chi connectivity index (χ1n) is 5.51. The van der Waals surface area contributed by atoms with E-state index in [0.717, 1.165) is 12.1 Å². The number of aromatic nitrogens is 2. The zero-order valence-electron chi connectivity index (χ0n) is 9.67. The van der Waals surface area contributed by atoms with Crippen LogP contribution >= 0.6 is 0 Å². The van der Waals surface area contributed by atoms with E-state index in [-0.39, 0.29) is 5.97 Å². The van der Waals surface area contributed by atoms with Gasteiger partial charge in [-0.15, -0.1) is 0 Å². The van der Waals surface area contributed by atoms with Crippen molar-refractivity contribution in [2.45, 2.75) is 13.5 Å². The summed E-state index contributed by atoms with van der Waals surface area (Å²) in [6, 6.07) is 7.41. The number of hydrogen-bond acceptors (Lipinski definition) is 3. The summed E-state index contributed by atoms with van der Waals surface area (Å²) in [5.41, 5.74) is 1.71. The van der Waals surface area contributed by atoms with Gasteiger partial charge in [-0.3, -0.25) is 0 Å². The van der Waals surface area contributed by atoms with E-state index in [0.29, 0.717) is 12.2 Å². The highest BCUT2D eigenvalue weighted by molar-refractivity contribution is 5.89. The highest BCUT2D eigenvalue weighted by atomic mass is 16.5. The third kappa shape index (κ3) is 2.93. The summed E-state index contributed by atoms with van der Waals surface area (Å²) in [5.74, 6) is -0.276. The second-order valence-corrected chi connectivity index (χ2v) is 3.65. The SMILES string of the molecule is CCOC(=O)c1ccc(Cn2ccnc2)cc1. The first-order chi connectivity index (χ1) is 8.29. The molecular formula is C13H14N2O2. The number of imidazole rings is 1. The molecule has 0 fully saturated rings. The molecule has 0 amide bonds. The van der Waals surface area contributed by atoms with Gasteiger partial charge >= 0.3 is 5.97 Å². The van der Waals surface area contributed by atoms with E-state index in [2.05, 4.69) is 4.98 Å². The van der Waals surface area contributed by atoms with Crippen LogP contribution in [0.25, 0.3) is 0 Å². The molecule has 0 spiro atoms. The van der Waals surface area contributed by atoms with Crippen molar-refractivity contribution >= 4 is 5.97 Å². The second-order valence-electron chi connectivity index (χ2n) is 3.65. The van der Waals surface area contributed by atoms with Crippen molar-refractivity contribution < 1.29 is 9.53 Å². The topological polar surface area (TPSA) is 44.1 Å². The number of benzene rings is 1. The lowest BCUT2D eigenvalue weighted by atomic mass is 10.1. The molecule has 88 valence electrons. The Morgan fingerprint density at radius 3 is 2.71 bits per heavy atom. The van der Waals surface area contributed by atoms with Gasteiger partial charge in [0.25, 0.3) is 0 Å². The maximum absolute atomic E-state index is 11.4. The fourth-order valence-corrected chi connectivity index (χ4v) is 1.55. The Bertz CT molecular complexity index is 475. The predicted molar refractivity (Wildman–Crippen MR) is 63.7 cm³/mol. The van der Waals surface area contributed by atoms with Gasteiger partial charge in [0.2, 0.25) is 0 Å². The fourth-order valence-electron chi connectivity index (χ4n) is 1.55. The second kappa shape index (κ2) is 5.30. The van der Waals surface area contributed by atoms with Gasteiger partial charge in [0.15, 0.2) is 0 Å². The molecule has 1 aromatic carbocycles. The summed E-state index contributed by atoms with van der Waals surface area (Å²) < 4.78 is 6.89. The summed E-state index contributed by atoms with van der Waals surface area (Å²) in [4.78, 5) is 15.4. The summed E-state index contributed by atoms with van der Waals surface area (Å²) in [6.07, 6.45) is 5.41. The van der Waals surface area contributed by atoms with Crippen LogP contribution in [0.2, 0.25) is 0 Å². The van der Waals surface area contributed by atoms with Gasteiger partial charge < -0.3 is 9.30 Å². The third-order valence-electron chi connectivity index (χ3n) is 2.39. The molecular weight excluding hydrogens is 216 g/mol. The predicted octanol–water partition coefficient (Wildman–Crippen LogP) is 2.11. The summed E-state index contributed by atoms with van der Waals surface area (Å²) >= 11 is 0. The molecule has 0 aliphatic rings. The van der Waals surface area contributed by atoms with Crippen LogP contribution < -0.4 is 0 Å². The molecule has 0 bridgehead atoms. The van der Waals surface area contributed by atoms with Crippen molar-refractivity contribution in [3.05, 3.63) is 54.1 Å². The van der Waals surface area contributed by atoms with E-state index in [1.54, 1.807) is 31.6 Å². The Balaban J connectivity index is 2.05. The molecule has 1 aromatic heterocycles. The molecule has 17 heavy (non-hydrogen) atoms. The van der Waals surface area contributed by atoms with E-state index in [1.165, 1.54) is 0 Å². The van der Waals surface area contributed by atoms with Crippen LogP contribution in [-0.4, -0.2) is 22.1 Å². The minimum Gasteiger partial charge on any atom is -0.462 e. The molecule has 0 atom stereocenters. The van der Waals surface area contributed by atoms with Gasteiger partial charge in [0, 0.05) is 18.9 Å². The minimum atomic E-state index is -0.276. The smallest absolute Gasteiger partial charge is 0.338 e. The normalized spacial score (nSPS) is 10.2. The van der Waals surface area contributed by atoms with Crippen molar-refractivity contribution in [3.63, 3.8) is 0 Å². The minimum absolute atomic E-state index is 0.276.